The van der Waals surface area contributed by atoms with Crippen LogP contribution in [0.4, 0.5) is 4.79 Å². The molecular formula is C15H20N2O4. The van der Waals surface area contributed by atoms with Gasteiger partial charge in [0.1, 0.15) is 0 Å². The van der Waals surface area contributed by atoms with Crippen LogP contribution in [0.3, 0.4) is 0 Å². The van der Waals surface area contributed by atoms with Crippen LogP contribution < -0.4 is 10.6 Å². The first-order chi connectivity index (χ1) is 10.0. The Morgan fingerprint density at radius 2 is 1.86 bits per heavy atom. The summed E-state index contributed by atoms with van der Waals surface area (Å²) in [6, 6.07) is 7.09. The molecule has 1 heterocycles. The molecule has 0 bridgehead atoms. The zero-order valence-corrected chi connectivity index (χ0v) is 12.0. The van der Waals surface area contributed by atoms with Gasteiger partial charge in [0, 0.05) is 18.8 Å². The van der Waals surface area contributed by atoms with Crippen LogP contribution in [0, 0.1) is 0 Å². The number of nitrogens with one attached hydrogen (secondary N) is 2. The van der Waals surface area contributed by atoms with Crippen molar-refractivity contribution in [1.29, 1.82) is 0 Å². The second kappa shape index (κ2) is 6.58. The molecule has 2 amide bonds. The van der Waals surface area contributed by atoms with Gasteiger partial charge in [-0.1, -0.05) is 30.3 Å². The molecule has 0 spiro atoms. The van der Waals surface area contributed by atoms with Gasteiger partial charge in [-0.05, 0) is 25.3 Å². The van der Waals surface area contributed by atoms with E-state index in [2.05, 4.69) is 10.6 Å². The lowest BCUT2D eigenvalue weighted by Crippen LogP contribution is -2.54. The maximum absolute atomic E-state index is 12.1. The van der Waals surface area contributed by atoms with Crippen molar-refractivity contribution in [2.75, 3.05) is 13.2 Å². The molecule has 1 atom stereocenters. The van der Waals surface area contributed by atoms with E-state index in [1.54, 1.807) is 30.3 Å². The predicted molar refractivity (Wildman–Crippen MR) is 76.9 cm³/mol. The molecule has 0 aromatic heterocycles. The van der Waals surface area contributed by atoms with Crippen LogP contribution in [0.25, 0.3) is 0 Å². The van der Waals surface area contributed by atoms with Gasteiger partial charge in [-0.2, -0.15) is 0 Å². The lowest BCUT2D eigenvalue weighted by molar-refractivity contribution is -0.139. The molecule has 6 heteroatoms. The third-order valence-corrected chi connectivity index (χ3v) is 3.67. The minimum Gasteiger partial charge on any atom is -0.479 e. The Morgan fingerprint density at radius 3 is 2.43 bits per heavy atom. The molecule has 3 N–H and O–H groups in total. The van der Waals surface area contributed by atoms with Crippen molar-refractivity contribution < 1.29 is 19.4 Å². The Morgan fingerprint density at radius 1 is 1.24 bits per heavy atom. The van der Waals surface area contributed by atoms with E-state index in [4.69, 9.17) is 4.74 Å². The highest BCUT2D eigenvalue weighted by atomic mass is 16.5. The number of urea groups is 1. The molecule has 1 aromatic carbocycles. The SMILES string of the molecule is CC1(NC(=O)N[C@@H](C(=O)O)c2ccccc2)CCOCC1. The number of rotatable bonds is 4. The summed E-state index contributed by atoms with van der Waals surface area (Å²) in [7, 11) is 0. The molecule has 0 radical (unpaired) electrons. The number of benzene rings is 1. The molecule has 1 aliphatic rings. The van der Waals surface area contributed by atoms with Gasteiger partial charge in [0.25, 0.3) is 0 Å². The Bertz CT molecular complexity index is 498. The molecule has 114 valence electrons. The number of amides is 2. The van der Waals surface area contributed by atoms with Crippen molar-refractivity contribution >= 4 is 12.0 Å². The highest BCUT2D eigenvalue weighted by Gasteiger charge is 2.30. The molecule has 0 aliphatic carbocycles. The van der Waals surface area contributed by atoms with Gasteiger partial charge < -0.3 is 20.5 Å². The van der Waals surface area contributed by atoms with Crippen molar-refractivity contribution in [2.45, 2.75) is 31.3 Å². The maximum atomic E-state index is 12.1. The molecule has 6 nitrogen and oxygen atoms in total. The molecule has 21 heavy (non-hydrogen) atoms. The lowest BCUT2D eigenvalue weighted by Gasteiger charge is -2.34. The quantitative estimate of drug-likeness (QED) is 0.788. The van der Waals surface area contributed by atoms with E-state index in [-0.39, 0.29) is 5.54 Å². The van der Waals surface area contributed by atoms with E-state index < -0.39 is 18.0 Å². The van der Waals surface area contributed by atoms with Crippen molar-refractivity contribution in [2.24, 2.45) is 0 Å². The monoisotopic (exact) mass is 292 g/mol. The minimum absolute atomic E-state index is 0.359. The molecule has 1 aromatic rings. The first kappa shape index (κ1) is 15.3. The van der Waals surface area contributed by atoms with Gasteiger partial charge in [0.15, 0.2) is 6.04 Å². The first-order valence-corrected chi connectivity index (χ1v) is 6.94. The summed E-state index contributed by atoms with van der Waals surface area (Å²) in [6.07, 6.45) is 1.42. The zero-order chi connectivity index (χ0) is 15.3. The van der Waals surface area contributed by atoms with E-state index >= 15 is 0 Å². The number of hydrogen-bond acceptors (Lipinski definition) is 3. The van der Waals surface area contributed by atoms with E-state index in [9.17, 15) is 14.7 Å². The van der Waals surface area contributed by atoms with Crippen molar-refractivity contribution in [3.8, 4) is 0 Å². The highest BCUT2D eigenvalue weighted by molar-refractivity contribution is 5.84. The van der Waals surface area contributed by atoms with Gasteiger partial charge in [-0.25, -0.2) is 9.59 Å². The summed E-state index contributed by atoms with van der Waals surface area (Å²) in [5.41, 5.74) is 0.180. The Labute approximate surface area is 123 Å². The fourth-order valence-electron chi connectivity index (χ4n) is 2.32. The van der Waals surface area contributed by atoms with Crippen LogP contribution in [0.15, 0.2) is 30.3 Å². The molecule has 1 fully saturated rings. The number of hydrogen-bond donors (Lipinski definition) is 3. The number of aliphatic carboxylic acids is 1. The third kappa shape index (κ3) is 4.19. The Balaban J connectivity index is 2.00. The second-order valence-electron chi connectivity index (χ2n) is 5.45. The van der Waals surface area contributed by atoms with Crippen LogP contribution in [-0.2, 0) is 9.53 Å². The summed E-state index contributed by atoms with van der Waals surface area (Å²) in [6.45, 7) is 3.13. The van der Waals surface area contributed by atoms with E-state index in [1.807, 2.05) is 6.92 Å². The molecule has 0 unspecified atom stereocenters. The number of carboxylic acid groups (broad SMARTS) is 1. The minimum atomic E-state index is -1.09. The largest absolute Gasteiger partial charge is 0.479 e. The Kier molecular flexibility index (Phi) is 4.80. The fourth-order valence-corrected chi connectivity index (χ4v) is 2.32. The molecule has 2 rings (SSSR count). The van der Waals surface area contributed by atoms with Crippen LogP contribution in [0.2, 0.25) is 0 Å². The average Bonchev–Trinajstić information content (AvgIpc) is 2.45. The summed E-state index contributed by atoms with van der Waals surface area (Å²) in [5, 5.41) is 14.7. The molecule has 1 aliphatic heterocycles. The van der Waals surface area contributed by atoms with E-state index in [0.29, 0.717) is 31.6 Å². The summed E-state index contributed by atoms with van der Waals surface area (Å²) < 4.78 is 5.27. The number of ether oxygens (including phenoxy) is 1. The number of carbonyl (C=O) groups is 2. The van der Waals surface area contributed by atoms with Crippen molar-refractivity contribution in [3.63, 3.8) is 0 Å². The topological polar surface area (TPSA) is 87.7 Å². The van der Waals surface area contributed by atoms with E-state index in [0.717, 1.165) is 0 Å². The predicted octanol–water partition coefficient (Wildman–Crippen LogP) is 1.68. The molecule has 1 saturated heterocycles. The summed E-state index contributed by atoms with van der Waals surface area (Å²) in [5.74, 6) is -1.09. The van der Waals surface area contributed by atoms with Crippen LogP contribution in [0.1, 0.15) is 31.4 Å². The van der Waals surface area contributed by atoms with Gasteiger partial charge >= 0.3 is 12.0 Å². The second-order valence-corrected chi connectivity index (χ2v) is 5.45. The number of carboxylic acids is 1. The van der Waals surface area contributed by atoms with Gasteiger partial charge in [0.05, 0.1) is 0 Å². The average molecular weight is 292 g/mol. The summed E-state index contributed by atoms with van der Waals surface area (Å²) >= 11 is 0. The summed E-state index contributed by atoms with van der Waals surface area (Å²) in [4.78, 5) is 23.4. The lowest BCUT2D eigenvalue weighted by atomic mass is 9.93. The Hall–Kier alpha value is -2.08. The molecule has 0 saturated carbocycles. The third-order valence-electron chi connectivity index (χ3n) is 3.67. The fraction of sp³-hybridized carbons (Fsp3) is 0.467. The first-order valence-electron chi connectivity index (χ1n) is 6.94. The van der Waals surface area contributed by atoms with Crippen LogP contribution >= 0.6 is 0 Å². The molecular weight excluding hydrogens is 272 g/mol. The maximum Gasteiger partial charge on any atom is 0.330 e. The van der Waals surface area contributed by atoms with E-state index in [1.165, 1.54) is 0 Å². The van der Waals surface area contributed by atoms with Gasteiger partial charge in [0.2, 0.25) is 0 Å². The zero-order valence-electron chi connectivity index (χ0n) is 12.0. The smallest absolute Gasteiger partial charge is 0.330 e. The van der Waals surface area contributed by atoms with Crippen molar-refractivity contribution in [1.82, 2.24) is 10.6 Å². The van der Waals surface area contributed by atoms with Gasteiger partial charge in [-0.15, -0.1) is 0 Å². The van der Waals surface area contributed by atoms with Crippen LogP contribution in [-0.4, -0.2) is 35.9 Å². The highest BCUT2D eigenvalue weighted by Crippen LogP contribution is 2.20. The normalized spacial score (nSPS) is 18.5. The van der Waals surface area contributed by atoms with Crippen LogP contribution in [0.5, 0.6) is 0 Å². The van der Waals surface area contributed by atoms with Gasteiger partial charge in [-0.3, -0.25) is 0 Å². The van der Waals surface area contributed by atoms with Crippen molar-refractivity contribution in [3.05, 3.63) is 35.9 Å². The number of carbonyl (C=O) groups excluding carboxylic acids is 1. The standard InChI is InChI=1S/C15H20N2O4/c1-15(7-9-21-10-8-15)17-14(20)16-12(13(18)19)11-5-3-2-4-6-11/h2-6,12H,7-10H2,1H3,(H,18,19)(H2,16,17,20)/t12-/m1/s1.